The monoisotopic (exact) mass is 871 g/mol. The van der Waals surface area contributed by atoms with Crippen molar-refractivity contribution in [2.75, 3.05) is 54.1 Å². The molecule has 0 aromatic heterocycles. The summed E-state index contributed by atoms with van der Waals surface area (Å²) in [5, 5.41) is 8.80. The van der Waals surface area contributed by atoms with Gasteiger partial charge in [-0.25, -0.2) is 4.57 Å². The van der Waals surface area contributed by atoms with Crippen molar-refractivity contribution in [3.63, 3.8) is 0 Å². The number of likely N-dealkylation sites (N-methyl/N-ethyl adjacent to an activating group) is 1. The van der Waals surface area contributed by atoms with E-state index in [-0.39, 0.29) is 32.7 Å². The lowest BCUT2D eigenvalue weighted by Gasteiger charge is -2.24. The minimum absolute atomic E-state index is 0.00261. The number of phosphoric acid groups is 1. The smallest absolute Gasteiger partial charge is 0.462 e. The Bertz CT molecular complexity index is 1450. The number of aliphatic hydroxyl groups excluding tert-OH is 1. The molecule has 2 atom stereocenters. The van der Waals surface area contributed by atoms with Gasteiger partial charge in [0.15, 0.2) is 6.10 Å². The van der Waals surface area contributed by atoms with Crippen LogP contribution in [0.2, 0.25) is 0 Å². The van der Waals surface area contributed by atoms with Crippen LogP contribution in [-0.4, -0.2) is 86.6 Å². The second-order valence-corrected chi connectivity index (χ2v) is 16.9. The molecular weight excluding hydrogens is 790 g/mol. The molecular formula is C50H81NO9P+. The van der Waals surface area contributed by atoms with Crippen LogP contribution in [0.5, 0.6) is 0 Å². The Hall–Kier alpha value is -3.63. The van der Waals surface area contributed by atoms with Crippen molar-refractivity contribution < 1.29 is 47.2 Å². The summed E-state index contributed by atoms with van der Waals surface area (Å²) in [6.45, 7) is 2.12. The lowest BCUT2D eigenvalue weighted by molar-refractivity contribution is -0.870. The fraction of sp³-hybridized carbons (Fsp3) is 0.560. The maximum atomic E-state index is 12.7. The number of aliphatic hydroxyl groups is 1. The first kappa shape index (κ1) is 57.4. The summed E-state index contributed by atoms with van der Waals surface area (Å²) in [7, 11) is 1.36. The molecule has 0 aliphatic carbocycles. The largest absolute Gasteiger partial charge is 0.472 e. The van der Waals surface area contributed by atoms with E-state index in [2.05, 4.69) is 110 Å². The topological polar surface area (TPSA) is 129 Å². The number of esters is 2. The molecule has 0 aromatic carbocycles. The number of carbonyl (C=O) groups is 2. The van der Waals surface area contributed by atoms with Gasteiger partial charge in [0.2, 0.25) is 0 Å². The van der Waals surface area contributed by atoms with E-state index in [9.17, 15) is 19.0 Å². The van der Waals surface area contributed by atoms with Crippen molar-refractivity contribution in [3.05, 3.63) is 122 Å². The number of nitrogens with zero attached hydrogens (tertiary/aromatic N) is 1. The van der Waals surface area contributed by atoms with Crippen molar-refractivity contribution in [1.82, 2.24) is 0 Å². The van der Waals surface area contributed by atoms with Gasteiger partial charge in [0.05, 0.1) is 27.7 Å². The quantitative estimate of drug-likeness (QED) is 0.0204. The van der Waals surface area contributed by atoms with E-state index in [0.29, 0.717) is 30.3 Å². The Kier molecular flexibility index (Phi) is 39.2. The molecule has 0 bridgehead atoms. The minimum Gasteiger partial charge on any atom is -0.462 e. The van der Waals surface area contributed by atoms with Crippen molar-refractivity contribution in [2.24, 2.45) is 0 Å². The number of hydrogen-bond acceptors (Lipinski definition) is 8. The Labute approximate surface area is 370 Å². The molecule has 0 aromatic rings. The highest BCUT2D eigenvalue weighted by Crippen LogP contribution is 2.43. The molecule has 1 unspecified atom stereocenters. The van der Waals surface area contributed by atoms with Gasteiger partial charge in [0.1, 0.15) is 19.8 Å². The number of hydrogen-bond donors (Lipinski definition) is 2. The fourth-order valence-corrected chi connectivity index (χ4v) is 5.81. The first-order chi connectivity index (χ1) is 29.5. The van der Waals surface area contributed by atoms with E-state index < -0.39 is 32.5 Å². The zero-order valence-electron chi connectivity index (χ0n) is 38.0. The van der Waals surface area contributed by atoms with E-state index in [0.717, 1.165) is 83.5 Å². The van der Waals surface area contributed by atoms with Crippen LogP contribution in [0, 0.1) is 0 Å². The molecule has 0 rings (SSSR count). The van der Waals surface area contributed by atoms with Crippen LogP contribution in [0.4, 0.5) is 0 Å². The number of allylic oxidation sites excluding steroid dienone is 20. The van der Waals surface area contributed by atoms with Crippen LogP contribution in [-0.2, 0) is 32.7 Å². The highest BCUT2D eigenvalue weighted by Gasteiger charge is 2.27. The Morgan fingerprint density at radius 3 is 1.44 bits per heavy atom. The first-order valence-electron chi connectivity index (χ1n) is 22.4. The van der Waals surface area contributed by atoms with E-state index in [1.54, 1.807) is 0 Å². The zero-order valence-corrected chi connectivity index (χ0v) is 38.9. The average molecular weight is 871 g/mol. The highest BCUT2D eigenvalue weighted by molar-refractivity contribution is 7.47. The molecule has 10 nitrogen and oxygen atoms in total. The predicted octanol–water partition coefficient (Wildman–Crippen LogP) is 11.9. The molecule has 11 heteroatoms. The molecule has 0 aliphatic heterocycles. The Morgan fingerprint density at radius 1 is 0.541 bits per heavy atom. The maximum Gasteiger partial charge on any atom is 0.472 e. The van der Waals surface area contributed by atoms with Gasteiger partial charge in [0.25, 0.3) is 0 Å². The SMILES string of the molecule is CC/C=C\C/C=C\C/C=C\C/C=C\C/C=C\C/C=C\CCC(=O)O[C@H](COC(=O)CCC/C=C\C/C=C\C/C=C\C/C=C\CCCCCO)COP(=O)(O)OCC[N+](C)(C)C. The van der Waals surface area contributed by atoms with Gasteiger partial charge in [-0.3, -0.25) is 18.6 Å². The second-order valence-electron chi connectivity index (χ2n) is 15.4. The lowest BCUT2D eigenvalue weighted by atomic mass is 10.2. The highest BCUT2D eigenvalue weighted by atomic mass is 31.2. The number of rotatable bonds is 39. The van der Waals surface area contributed by atoms with E-state index in [4.69, 9.17) is 23.6 Å². The molecule has 0 radical (unpaired) electrons. The normalized spacial score (nSPS) is 14.7. The molecule has 0 aliphatic rings. The molecule has 344 valence electrons. The van der Waals surface area contributed by atoms with Crippen LogP contribution >= 0.6 is 7.82 Å². The standard InChI is InChI=1S/C50H80NO9P/c1-5-6-7-8-9-10-11-12-13-14-15-17-21-24-27-30-33-36-39-42-50(54)60-48(47-59-61(55,56)58-45-43-51(2,3)4)46-57-49(53)41-38-35-32-29-26-23-20-18-16-19-22-25-28-31-34-37-40-44-52/h6-7,9-10,12-13,15-17,19-20,23-25,27-29,32-33,36,48,52H,5,8,11,14,18,21-22,26,30-31,34-35,37-47H2,1-4H3/p+1/b7-6-,10-9-,13-12-,17-15-,19-16-,23-20-,27-24-,28-25-,32-29-,36-33-/t48-/m1/s1. The maximum absolute atomic E-state index is 12.7. The fourth-order valence-electron chi connectivity index (χ4n) is 5.07. The summed E-state index contributed by atoms with van der Waals surface area (Å²) in [4.78, 5) is 35.3. The molecule has 0 heterocycles. The first-order valence-corrected chi connectivity index (χ1v) is 23.9. The third-order valence-electron chi connectivity index (χ3n) is 8.54. The molecule has 0 amide bonds. The van der Waals surface area contributed by atoms with Crippen molar-refractivity contribution in [1.29, 1.82) is 0 Å². The number of quaternary nitrogens is 1. The van der Waals surface area contributed by atoms with Crippen LogP contribution in [0.1, 0.15) is 122 Å². The van der Waals surface area contributed by atoms with Crippen molar-refractivity contribution in [3.8, 4) is 0 Å². The van der Waals surface area contributed by atoms with Crippen LogP contribution in [0.25, 0.3) is 0 Å². The summed E-state index contributed by atoms with van der Waals surface area (Å²) in [6, 6.07) is 0. The summed E-state index contributed by atoms with van der Waals surface area (Å²) in [6.07, 6.45) is 55.7. The average Bonchev–Trinajstić information content (AvgIpc) is 3.21. The van der Waals surface area contributed by atoms with Crippen molar-refractivity contribution in [2.45, 2.75) is 129 Å². The Morgan fingerprint density at radius 2 is 0.984 bits per heavy atom. The summed E-state index contributed by atoms with van der Waals surface area (Å²) < 4.78 is 34.1. The third kappa shape index (κ3) is 45.7. The molecule has 0 spiro atoms. The minimum atomic E-state index is -4.42. The molecule has 61 heavy (non-hydrogen) atoms. The van der Waals surface area contributed by atoms with Gasteiger partial charge in [0, 0.05) is 19.4 Å². The van der Waals surface area contributed by atoms with Gasteiger partial charge in [-0.1, -0.05) is 135 Å². The summed E-state index contributed by atoms with van der Waals surface area (Å²) >= 11 is 0. The number of ether oxygens (including phenoxy) is 2. The second kappa shape index (κ2) is 41.7. The molecule has 2 N–H and O–H groups in total. The lowest BCUT2D eigenvalue weighted by Crippen LogP contribution is -2.37. The van der Waals surface area contributed by atoms with Crippen molar-refractivity contribution >= 4 is 19.8 Å². The van der Waals surface area contributed by atoms with E-state index in [1.807, 2.05) is 39.4 Å². The number of carbonyl (C=O) groups excluding carboxylic acids is 2. The molecule has 0 saturated heterocycles. The van der Waals surface area contributed by atoms with Gasteiger partial charge in [-0.05, 0) is 96.3 Å². The van der Waals surface area contributed by atoms with Gasteiger partial charge in [-0.15, -0.1) is 0 Å². The van der Waals surface area contributed by atoms with Crippen LogP contribution < -0.4 is 0 Å². The molecule has 0 fully saturated rings. The van der Waals surface area contributed by atoms with Crippen LogP contribution in [0.3, 0.4) is 0 Å². The van der Waals surface area contributed by atoms with Gasteiger partial charge < -0.3 is 24.0 Å². The Balaban J connectivity index is 4.59. The van der Waals surface area contributed by atoms with E-state index >= 15 is 0 Å². The van der Waals surface area contributed by atoms with Gasteiger partial charge in [-0.2, -0.15) is 0 Å². The molecule has 0 saturated carbocycles. The van der Waals surface area contributed by atoms with Crippen LogP contribution in [0.15, 0.2) is 122 Å². The van der Waals surface area contributed by atoms with E-state index in [1.165, 1.54) is 0 Å². The zero-order chi connectivity index (χ0) is 45.0. The van der Waals surface area contributed by atoms with Gasteiger partial charge >= 0.3 is 19.8 Å². The third-order valence-corrected chi connectivity index (χ3v) is 9.53. The predicted molar refractivity (Wildman–Crippen MR) is 253 cm³/mol. The summed E-state index contributed by atoms with van der Waals surface area (Å²) in [5.74, 6) is -0.991. The summed E-state index contributed by atoms with van der Waals surface area (Å²) in [5.41, 5.74) is 0. The number of phosphoric ester groups is 1. The number of unbranched alkanes of at least 4 members (excludes halogenated alkanes) is 4.